The Morgan fingerprint density at radius 2 is 1.95 bits per heavy atom. The molecule has 108 valence electrons. The molecule has 0 fully saturated rings. The molecule has 2 aromatic carbocycles. The fraction of sp³-hybridized carbons (Fsp3) is 0.111. The van der Waals surface area contributed by atoms with E-state index in [9.17, 15) is 0 Å². The summed E-state index contributed by atoms with van der Waals surface area (Å²) in [5.74, 6) is 1.57. The van der Waals surface area contributed by atoms with Gasteiger partial charge in [0.1, 0.15) is 11.3 Å². The molecule has 0 aliphatic rings. The van der Waals surface area contributed by atoms with Crippen molar-refractivity contribution < 1.29 is 4.42 Å². The lowest BCUT2D eigenvalue weighted by atomic mass is 10.1. The molecule has 0 bridgehead atoms. The summed E-state index contributed by atoms with van der Waals surface area (Å²) in [5, 5.41) is 0. The number of hydrogen-bond donors (Lipinski definition) is 0. The predicted octanol–water partition coefficient (Wildman–Crippen LogP) is 4.30. The smallest absolute Gasteiger partial charge is 0.192 e. The number of nitrogens with zero attached hydrogens (tertiary/aromatic N) is 3. The van der Waals surface area contributed by atoms with E-state index in [1.165, 1.54) is 5.56 Å². The first-order chi connectivity index (χ1) is 10.7. The fourth-order valence-electron chi connectivity index (χ4n) is 2.68. The van der Waals surface area contributed by atoms with E-state index >= 15 is 0 Å². The van der Waals surface area contributed by atoms with Crippen LogP contribution in [-0.4, -0.2) is 14.5 Å². The average molecular weight is 289 g/mol. The average Bonchev–Trinajstić information content (AvgIpc) is 3.11. The van der Waals surface area contributed by atoms with Crippen molar-refractivity contribution in [3.63, 3.8) is 0 Å². The van der Waals surface area contributed by atoms with Crippen LogP contribution in [0.2, 0.25) is 0 Å². The molecular formula is C18H15N3O. The van der Waals surface area contributed by atoms with Gasteiger partial charge in [0, 0.05) is 30.6 Å². The van der Waals surface area contributed by atoms with Crippen molar-refractivity contribution >= 4 is 11.1 Å². The molecule has 22 heavy (non-hydrogen) atoms. The predicted molar refractivity (Wildman–Crippen MR) is 86.0 cm³/mol. The Kier molecular flexibility index (Phi) is 2.82. The number of imidazole rings is 1. The molecule has 4 rings (SSSR count). The Morgan fingerprint density at radius 1 is 1.05 bits per heavy atom. The molecular weight excluding hydrogens is 274 g/mol. The summed E-state index contributed by atoms with van der Waals surface area (Å²) in [4.78, 5) is 8.84. The lowest BCUT2D eigenvalue weighted by Gasteiger charge is -2.08. The summed E-state index contributed by atoms with van der Waals surface area (Å²) in [6, 6.07) is 14.3. The topological polar surface area (TPSA) is 43.9 Å². The van der Waals surface area contributed by atoms with Gasteiger partial charge in [-0.25, -0.2) is 9.97 Å². The van der Waals surface area contributed by atoms with Gasteiger partial charge in [0.15, 0.2) is 11.5 Å². The minimum atomic E-state index is 0.675. The van der Waals surface area contributed by atoms with E-state index in [2.05, 4.69) is 45.7 Å². The van der Waals surface area contributed by atoms with E-state index < -0.39 is 0 Å². The van der Waals surface area contributed by atoms with Crippen molar-refractivity contribution in [1.29, 1.82) is 0 Å². The van der Waals surface area contributed by atoms with E-state index in [4.69, 9.17) is 4.42 Å². The zero-order valence-corrected chi connectivity index (χ0v) is 12.4. The third-order valence-corrected chi connectivity index (χ3v) is 3.67. The molecule has 4 aromatic rings. The summed E-state index contributed by atoms with van der Waals surface area (Å²) >= 11 is 0. The SMILES string of the molecule is Cc1cccc(-n2ccnc2-c2ccc3nc(C)oc3c2)c1. The van der Waals surface area contributed by atoms with Crippen LogP contribution >= 0.6 is 0 Å². The number of hydrogen-bond acceptors (Lipinski definition) is 3. The van der Waals surface area contributed by atoms with E-state index in [0.29, 0.717) is 5.89 Å². The highest BCUT2D eigenvalue weighted by molar-refractivity contribution is 5.79. The summed E-state index contributed by atoms with van der Waals surface area (Å²) in [6.07, 6.45) is 3.79. The van der Waals surface area contributed by atoms with Crippen molar-refractivity contribution in [2.24, 2.45) is 0 Å². The molecule has 0 aliphatic heterocycles. The Labute approximate surface area is 128 Å². The second kappa shape index (κ2) is 4.84. The van der Waals surface area contributed by atoms with Gasteiger partial charge < -0.3 is 4.42 Å². The van der Waals surface area contributed by atoms with Crippen molar-refractivity contribution in [3.05, 3.63) is 66.3 Å². The summed E-state index contributed by atoms with van der Waals surface area (Å²) < 4.78 is 7.70. The molecule has 4 heteroatoms. The largest absolute Gasteiger partial charge is 0.441 e. The van der Waals surface area contributed by atoms with Crippen LogP contribution in [0, 0.1) is 13.8 Å². The summed E-state index contributed by atoms with van der Waals surface area (Å²) in [5.41, 5.74) is 4.98. The molecule has 0 N–H and O–H groups in total. The van der Waals surface area contributed by atoms with Crippen LogP contribution in [0.25, 0.3) is 28.2 Å². The highest BCUT2D eigenvalue weighted by Gasteiger charge is 2.10. The van der Waals surface area contributed by atoms with Crippen LogP contribution in [0.1, 0.15) is 11.5 Å². The first-order valence-corrected chi connectivity index (χ1v) is 7.19. The Hall–Kier alpha value is -2.88. The maximum absolute atomic E-state index is 5.62. The van der Waals surface area contributed by atoms with E-state index in [-0.39, 0.29) is 0 Å². The van der Waals surface area contributed by atoms with Crippen molar-refractivity contribution in [1.82, 2.24) is 14.5 Å². The van der Waals surface area contributed by atoms with Gasteiger partial charge in [-0.1, -0.05) is 12.1 Å². The lowest BCUT2D eigenvalue weighted by Crippen LogP contribution is -1.96. The molecule has 0 atom stereocenters. The minimum absolute atomic E-state index is 0.675. The zero-order chi connectivity index (χ0) is 15.1. The maximum atomic E-state index is 5.62. The van der Waals surface area contributed by atoms with Crippen LogP contribution in [0.4, 0.5) is 0 Å². The first-order valence-electron chi connectivity index (χ1n) is 7.19. The van der Waals surface area contributed by atoms with E-state index in [1.807, 2.05) is 37.5 Å². The van der Waals surface area contributed by atoms with E-state index in [0.717, 1.165) is 28.2 Å². The van der Waals surface area contributed by atoms with Gasteiger partial charge in [-0.05, 0) is 42.8 Å². The van der Waals surface area contributed by atoms with Gasteiger partial charge in [0.25, 0.3) is 0 Å². The molecule has 0 amide bonds. The number of oxazole rings is 1. The number of benzene rings is 2. The monoisotopic (exact) mass is 289 g/mol. The van der Waals surface area contributed by atoms with Crippen LogP contribution in [-0.2, 0) is 0 Å². The molecule has 0 saturated heterocycles. The summed E-state index contributed by atoms with van der Waals surface area (Å²) in [7, 11) is 0. The second-order valence-corrected chi connectivity index (χ2v) is 5.38. The highest BCUT2D eigenvalue weighted by Crippen LogP contribution is 2.26. The number of aromatic nitrogens is 3. The lowest BCUT2D eigenvalue weighted by molar-refractivity contribution is 0.561. The molecule has 2 aromatic heterocycles. The normalized spacial score (nSPS) is 11.2. The third kappa shape index (κ3) is 2.09. The zero-order valence-electron chi connectivity index (χ0n) is 12.4. The van der Waals surface area contributed by atoms with E-state index in [1.54, 1.807) is 0 Å². The number of rotatable bonds is 2. The van der Waals surface area contributed by atoms with Gasteiger partial charge in [-0.2, -0.15) is 0 Å². The number of aryl methyl sites for hydroxylation is 2. The van der Waals surface area contributed by atoms with Gasteiger partial charge in [0.2, 0.25) is 0 Å². The van der Waals surface area contributed by atoms with Crippen LogP contribution in [0.3, 0.4) is 0 Å². The van der Waals surface area contributed by atoms with Crippen molar-refractivity contribution in [2.75, 3.05) is 0 Å². The Bertz CT molecular complexity index is 965. The first kappa shape index (κ1) is 12.8. The Balaban J connectivity index is 1.87. The van der Waals surface area contributed by atoms with Crippen molar-refractivity contribution in [3.8, 4) is 17.1 Å². The molecule has 0 saturated carbocycles. The molecule has 0 unspecified atom stereocenters. The van der Waals surface area contributed by atoms with Gasteiger partial charge in [-0.3, -0.25) is 4.57 Å². The third-order valence-electron chi connectivity index (χ3n) is 3.67. The second-order valence-electron chi connectivity index (χ2n) is 5.38. The molecule has 4 nitrogen and oxygen atoms in total. The maximum Gasteiger partial charge on any atom is 0.192 e. The molecule has 2 heterocycles. The summed E-state index contributed by atoms with van der Waals surface area (Å²) in [6.45, 7) is 3.94. The van der Waals surface area contributed by atoms with Crippen LogP contribution < -0.4 is 0 Å². The van der Waals surface area contributed by atoms with Gasteiger partial charge in [0.05, 0.1) is 0 Å². The highest BCUT2D eigenvalue weighted by atomic mass is 16.3. The molecule has 0 radical (unpaired) electrons. The van der Waals surface area contributed by atoms with Crippen LogP contribution in [0.5, 0.6) is 0 Å². The van der Waals surface area contributed by atoms with Gasteiger partial charge in [-0.15, -0.1) is 0 Å². The Morgan fingerprint density at radius 3 is 2.82 bits per heavy atom. The molecule has 0 aliphatic carbocycles. The van der Waals surface area contributed by atoms with Crippen LogP contribution in [0.15, 0.2) is 59.3 Å². The quantitative estimate of drug-likeness (QED) is 0.552. The van der Waals surface area contributed by atoms with Crippen molar-refractivity contribution in [2.45, 2.75) is 13.8 Å². The number of fused-ring (bicyclic) bond motifs is 1. The molecule has 0 spiro atoms. The fourth-order valence-corrected chi connectivity index (χ4v) is 2.68. The standard InChI is InChI=1S/C18H15N3O/c1-12-4-3-5-15(10-12)21-9-8-19-18(21)14-6-7-16-17(11-14)22-13(2)20-16/h3-11H,1-2H3. The minimum Gasteiger partial charge on any atom is -0.441 e. The van der Waals surface area contributed by atoms with Gasteiger partial charge >= 0.3 is 0 Å².